The summed E-state index contributed by atoms with van der Waals surface area (Å²) in [6.07, 6.45) is 4.23. The second kappa shape index (κ2) is 13.1. The molecule has 5 nitrogen and oxygen atoms in total. The Labute approximate surface area is 173 Å². The first-order valence-electron chi connectivity index (χ1n) is 9.16. The Hall–Kier alpha value is -1.09. The number of guanidine groups is 1. The highest BCUT2D eigenvalue weighted by Gasteiger charge is 2.20. The van der Waals surface area contributed by atoms with Crippen molar-refractivity contribution in [3.8, 4) is 5.75 Å². The molecule has 1 aromatic rings. The maximum absolute atomic E-state index is 13.7. The minimum atomic E-state index is -0.338. The second-order valence-electron chi connectivity index (χ2n) is 6.33. The third-order valence-corrected chi connectivity index (χ3v) is 4.11. The van der Waals surface area contributed by atoms with Crippen LogP contribution in [-0.4, -0.2) is 45.4 Å². The van der Waals surface area contributed by atoms with E-state index in [9.17, 15) is 4.39 Å². The predicted octanol–water partition coefficient (Wildman–Crippen LogP) is 3.58. The number of hydrogen-bond acceptors (Lipinski definition) is 3. The van der Waals surface area contributed by atoms with Crippen LogP contribution in [0, 0.1) is 11.7 Å². The normalized spacial score (nSPS) is 15.1. The van der Waals surface area contributed by atoms with Gasteiger partial charge in [-0.3, -0.25) is 4.99 Å². The predicted molar refractivity (Wildman–Crippen MR) is 114 cm³/mol. The number of para-hydroxylation sites is 1. The van der Waals surface area contributed by atoms with Crippen molar-refractivity contribution in [1.82, 2.24) is 10.6 Å². The van der Waals surface area contributed by atoms with Crippen LogP contribution in [-0.2, 0) is 4.74 Å². The summed E-state index contributed by atoms with van der Waals surface area (Å²) in [5.74, 6) is 1.47. The van der Waals surface area contributed by atoms with Crippen LogP contribution in [0.25, 0.3) is 0 Å². The zero-order valence-electron chi connectivity index (χ0n) is 15.7. The van der Waals surface area contributed by atoms with E-state index in [2.05, 4.69) is 15.6 Å². The molecule has 1 aliphatic carbocycles. The molecule has 0 amide bonds. The van der Waals surface area contributed by atoms with Crippen LogP contribution >= 0.6 is 24.0 Å². The van der Waals surface area contributed by atoms with Gasteiger partial charge in [-0.1, -0.05) is 19.1 Å². The van der Waals surface area contributed by atoms with Crippen LogP contribution in [0.4, 0.5) is 4.39 Å². The van der Waals surface area contributed by atoms with Crippen molar-refractivity contribution in [2.24, 2.45) is 10.9 Å². The first kappa shape index (κ1) is 23.0. The monoisotopic (exact) mass is 479 g/mol. The Kier molecular flexibility index (Phi) is 11.6. The van der Waals surface area contributed by atoms with Gasteiger partial charge in [-0.2, -0.15) is 0 Å². The van der Waals surface area contributed by atoms with Gasteiger partial charge in [0.1, 0.15) is 6.10 Å². The molecular weight excluding hydrogens is 448 g/mol. The lowest BCUT2D eigenvalue weighted by molar-refractivity contribution is 0.123. The molecule has 1 aliphatic rings. The molecule has 1 aromatic carbocycles. The Balaban J connectivity index is 0.00000338. The van der Waals surface area contributed by atoms with Gasteiger partial charge < -0.3 is 20.1 Å². The van der Waals surface area contributed by atoms with Crippen molar-refractivity contribution in [3.05, 3.63) is 30.1 Å². The van der Waals surface area contributed by atoms with E-state index in [0.717, 1.165) is 44.5 Å². The first-order valence-corrected chi connectivity index (χ1v) is 9.16. The number of halogens is 2. The summed E-state index contributed by atoms with van der Waals surface area (Å²) in [7, 11) is 1.73. The average Bonchev–Trinajstić information content (AvgIpc) is 3.45. The molecular formula is C19H31FIN3O2. The third kappa shape index (κ3) is 9.02. The summed E-state index contributed by atoms with van der Waals surface area (Å²) >= 11 is 0. The summed E-state index contributed by atoms with van der Waals surface area (Å²) in [6.45, 7) is 5.05. The Morgan fingerprint density at radius 1 is 1.31 bits per heavy atom. The van der Waals surface area contributed by atoms with Crippen molar-refractivity contribution >= 4 is 29.9 Å². The van der Waals surface area contributed by atoms with E-state index in [4.69, 9.17) is 9.47 Å². The van der Waals surface area contributed by atoms with Gasteiger partial charge in [0, 0.05) is 26.8 Å². The van der Waals surface area contributed by atoms with Gasteiger partial charge in [0.05, 0.1) is 6.54 Å². The summed E-state index contributed by atoms with van der Waals surface area (Å²) in [6, 6.07) is 6.47. The Morgan fingerprint density at radius 2 is 2.08 bits per heavy atom. The molecule has 0 heterocycles. The SMILES string of the molecule is CCC(CNC(=NC)NCCCOCC1CC1)Oc1ccccc1F.I. The number of benzene rings is 1. The van der Waals surface area contributed by atoms with Gasteiger partial charge in [-0.05, 0) is 43.7 Å². The largest absolute Gasteiger partial charge is 0.486 e. The lowest BCUT2D eigenvalue weighted by Gasteiger charge is -2.20. The van der Waals surface area contributed by atoms with E-state index >= 15 is 0 Å². The Morgan fingerprint density at radius 3 is 2.73 bits per heavy atom. The second-order valence-corrected chi connectivity index (χ2v) is 6.33. The number of hydrogen-bond donors (Lipinski definition) is 2. The van der Waals surface area contributed by atoms with E-state index < -0.39 is 0 Å². The maximum atomic E-state index is 13.7. The van der Waals surface area contributed by atoms with E-state index in [1.807, 2.05) is 6.92 Å². The molecule has 1 fully saturated rings. The van der Waals surface area contributed by atoms with Crippen LogP contribution in [0.1, 0.15) is 32.6 Å². The lowest BCUT2D eigenvalue weighted by atomic mass is 10.2. The molecule has 0 saturated heterocycles. The fraction of sp³-hybridized carbons (Fsp3) is 0.632. The van der Waals surface area contributed by atoms with Gasteiger partial charge in [0.15, 0.2) is 17.5 Å². The molecule has 1 atom stereocenters. The molecule has 1 saturated carbocycles. The number of nitrogens with zero attached hydrogens (tertiary/aromatic N) is 1. The van der Waals surface area contributed by atoms with Gasteiger partial charge in [0.2, 0.25) is 0 Å². The summed E-state index contributed by atoms with van der Waals surface area (Å²) in [4.78, 5) is 4.20. The average molecular weight is 479 g/mol. The molecule has 0 aliphatic heterocycles. The summed E-state index contributed by atoms with van der Waals surface area (Å²) < 4.78 is 25.0. The van der Waals surface area contributed by atoms with E-state index in [0.29, 0.717) is 6.54 Å². The molecule has 0 bridgehead atoms. The fourth-order valence-corrected chi connectivity index (χ4v) is 2.34. The highest BCUT2D eigenvalue weighted by atomic mass is 127. The van der Waals surface area contributed by atoms with Crippen molar-refractivity contribution in [2.75, 3.05) is 33.4 Å². The molecule has 2 rings (SSSR count). The highest BCUT2D eigenvalue weighted by Crippen LogP contribution is 2.28. The molecule has 0 aromatic heterocycles. The van der Waals surface area contributed by atoms with Crippen LogP contribution in [0.3, 0.4) is 0 Å². The molecule has 0 spiro atoms. The van der Waals surface area contributed by atoms with Crippen molar-refractivity contribution in [3.63, 3.8) is 0 Å². The Bertz CT molecular complexity index is 541. The first-order chi connectivity index (χ1) is 12.2. The van der Waals surface area contributed by atoms with Crippen LogP contribution in [0.5, 0.6) is 5.75 Å². The highest BCUT2D eigenvalue weighted by molar-refractivity contribution is 14.0. The van der Waals surface area contributed by atoms with Crippen molar-refractivity contribution < 1.29 is 13.9 Å². The number of rotatable bonds is 11. The van der Waals surface area contributed by atoms with E-state index in [1.54, 1.807) is 25.2 Å². The van der Waals surface area contributed by atoms with Gasteiger partial charge in [-0.15, -0.1) is 24.0 Å². The molecule has 26 heavy (non-hydrogen) atoms. The van der Waals surface area contributed by atoms with Gasteiger partial charge >= 0.3 is 0 Å². The molecule has 7 heteroatoms. The van der Waals surface area contributed by atoms with Crippen LogP contribution in [0.15, 0.2) is 29.3 Å². The van der Waals surface area contributed by atoms with Crippen LogP contribution in [0.2, 0.25) is 0 Å². The van der Waals surface area contributed by atoms with E-state index in [-0.39, 0.29) is 41.6 Å². The standard InChI is InChI=1S/C19H30FN3O2.HI/c1-3-16(25-18-8-5-4-7-17(18)20)13-23-19(21-2)22-11-6-12-24-14-15-9-10-15;/h4-5,7-8,15-16H,3,6,9-14H2,1-2H3,(H2,21,22,23);1H. The minimum absolute atomic E-state index is 0. The van der Waals surface area contributed by atoms with Crippen molar-refractivity contribution in [2.45, 2.75) is 38.7 Å². The minimum Gasteiger partial charge on any atom is -0.486 e. The maximum Gasteiger partial charge on any atom is 0.191 e. The summed E-state index contributed by atoms with van der Waals surface area (Å²) in [5.41, 5.74) is 0. The smallest absolute Gasteiger partial charge is 0.191 e. The summed E-state index contributed by atoms with van der Waals surface area (Å²) in [5, 5.41) is 6.49. The molecule has 1 unspecified atom stereocenters. The lowest BCUT2D eigenvalue weighted by Crippen LogP contribution is -2.43. The van der Waals surface area contributed by atoms with Crippen molar-refractivity contribution in [1.29, 1.82) is 0 Å². The number of ether oxygens (including phenoxy) is 2. The zero-order chi connectivity index (χ0) is 17.9. The topological polar surface area (TPSA) is 54.9 Å². The zero-order valence-corrected chi connectivity index (χ0v) is 18.0. The van der Waals surface area contributed by atoms with Crippen LogP contribution < -0.4 is 15.4 Å². The molecule has 148 valence electrons. The molecule has 2 N–H and O–H groups in total. The quantitative estimate of drug-likeness (QED) is 0.221. The number of aliphatic imine (C=N–C) groups is 1. The fourth-order valence-electron chi connectivity index (χ4n) is 2.34. The third-order valence-electron chi connectivity index (χ3n) is 4.11. The number of nitrogens with one attached hydrogen (secondary N) is 2. The van der Waals surface area contributed by atoms with Gasteiger partial charge in [0.25, 0.3) is 0 Å². The van der Waals surface area contributed by atoms with Gasteiger partial charge in [-0.25, -0.2) is 4.39 Å². The molecule has 0 radical (unpaired) electrons. The van der Waals surface area contributed by atoms with E-state index in [1.165, 1.54) is 18.9 Å².